The summed E-state index contributed by atoms with van der Waals surface area (Å²) in [5.74, 6) is -1.18. The molecule has 3 aromatic carbocycles. The summed E-state index contributed by atoms with van der Waals surface area (Å²) in [6, 6.07) is 15.2. The maximum Gasteiger partial charge on any atom is 0.336 e. The van der Waals surface area contributed by atoms with Crippen LogP contribution in [0.15, 0.2) is 54.6 Å². The van der Waals surface area contributed by atoms with Gasteiger partial charge in [-0.2, -0.15) is 0 Å². The van der Waals surface area contributed by atoms with Crippen molar-refractivity contribution in [3.05, 3.63) is 65.7 Å². The maximum absolute atomic E-state index is 12.8. The van der Waals surface area contributed by atoms with Gasteiger partial charge in [0.2, 0.25) is 0 Å². The molecule has 0 aliphatic heterocycles. The van der Waals surface area contributed by atoms with E-state index >= 15 is 0 Å². The van der Waals surface area contributed by atoms with Gasteiger partial charge in [-0.3, -0.25) is 4.79 Å². The molecule has 4 aromatic rings. The van der Waals surface area contributed by atoms with Crippen molar-refractivity contribution in [3.8, 4) is 0 Å². The highest BCUT2D eigenvalue weighted by Gasteiger charge is 2.16. The molecule has 1 aromatic heterocycles. The zero-order valence-electron chi connectivity index (χ0n) is 13.9. The highest BCUT2D eigenvalue weighted by molar-refractivity contribution is 6.17. The summed E-state index contributed by atoms with van der Waals surface area (Å²) in [7, 11) is 0. The molecule has 27 heavy (non-hydrogen) atoms. The number of carbonyl (C=O) groups is 2. The van der Waals surface area contributed by atoms with Gasteiger partial charge in [-0.1, -0.05) is 24.3 Å². The SMILES string of the molecule is Cl.Nc1nc2ccc(NC(=O)c3cccc4cccc(C(=O)O)c34)cc2[nH]1. The van der Waals surface area contributed by atoms with Crippen LogP contribution in [0, 0.1) is 0 Å². The average molecular weight is 383 g/mol. The highest BCUT2D eigenvalue weighted by Crippen LogP contribution is 2.25. The molecule has 0 fully saturated rings. The molecule has 0 spiro atoms. The molecular formula is C19H15ClN4O3. The van der Waals surface area contributed by atoms with Crippen LogP contribution in [0.1, 0.15) is 20.7 Å². The lowest BCUT2D eigenvalue weighted by Crippen LogP contribution is -2.13. The summed E-state index contributed by atoms with van der Waals surface area (Å²) in [6.45, 7) is 0. The van der Waals surface area contributed by atoms with E-state index in [0.717, 1.165) is 0 Å². The first-order valence-electron chi connectivity index (χ1n) is 7.84. The van der Waals surface area contributed by atoms with Crippen molar-refractivity contribution >= 4 is 57.7 Å². The lowest BCUT2D eigenvalue weighted by Gasteiger charge is -2.10. The van der Waals surface area contributed by atoms with Crippen molar-refractivity contribution in [2.24, 2.45) is 0 Å². The van der Waals surface area contributed by atoms with Gasteiger partial charge in [-0.05, 0) is 35.7 Å². The monoisotopic (exact) mass is 382 g/mol. The molecule has 0 bridgehead atoms. The number of H-pyrrole nitrogens is 1. The molecule has 0 atom stereocenters. The van der Waals surface area contributed by atoms with Crippen LogP contribution in [-0.2, 0) is 0 Å². The molecule has 8 heteroatoms. The minimum Gasteiger partial charge on any atom is -0.478 e. The summed E-state index contributed by atoms with van der Waals surface area (Å²) in [6.07, 6.45) is 0. The van der Waals surface area contributed by atoms with Gasteiger partial charge >= 0.3 is 5.97 Å². The largest absolute Gasteiger partial charge is 0.478 e. The van der Waals surface area contributed by atoms with E-state index in [4.69, 9.17) is 5.73 Å². The lowest BCUT2D eigenvalue weighted by atomic mass is 9.98. The molecule has 0 aliphatic carbocycles. The van der Waals surface area contributed by atoms with Crippen LogP contribution in [0.4, 0.5) is 11.6 Å². The fraction of sp³-hybridized carbons (Fsp3) is 0. The van der Waals surface area contributed by atoms with E-state index in [2.05, 4.69) is 15.3 Å². The standard InChI is InChI=1S/C19H14N4O3.ClH/c20-19-22-14-8-7-11(9-15(14)23-19)21-17(24)12-5-1-3-10-4-2-6-13(16(10)12)18(25)26;/h1-9H,(H,21,24)(H,25,26)(H3,20,22,23);1H. The van der Waals surface area contributed by atoms with Crippen molar-refractivity contribution in [2.75, 3.05) is 11.1 Å². The van der Waals surface area contributed by atoms with Crippen LogP contribution in [0.5, 0.6) is 0 Å². The number of rotatable bonds is 3. The van der Waals surface area contributed by atoms with E-state index in [1.807, 2.05) is 0 Å². The summed E-state index contributed by atoms with van der Waals surface area (Å²) < 4.78 is 0. The van der Waals surface area contributed by atoms with Gasteiger partial charge in [-0.25, -0.2) is 9.78 Å². The Labute approximate surface area is 159 Å². The third-order valence-electron chi connectivity index (χ3n) is 4.14. The normalized spacial score (nSPS) is 10.5. The van der Waals surface area contributed by atoms with Crippen LogP contribution < -0.4 is 11.1 Å². The number of nitrogens with one attached hydrogen (secondary N) is 2. The van der Waals surface area contributed by atoms with Gasteiger partial charge < -0.3 is 21.1 Å². The number of nitrogens with two attached hydrogens (primary N) is 1. The first kappa shape index (κ1) is 18.2. The van der Waals surface area contributed by atoms with Gasteiger partial charge in [0, 0.05) is 16.6 Å². The van der Waals surface area contributed by atoms with E-state index in [0.29, 0.717) is 39.0 Å². The lowest BCUT2D eigenvalue weighted by molar-refractivity contribution is 0.0699. The Morgan fingerprint density at radius 2 is 1.74 bits per heavy atom. The number of aromatic amines is 1. The fourth-order valence-corrected chi connectivity index (χ4v) is 3.01. The Morgan fingerprint density at radius 1 is 1.04 bits per heavy atom. The predicted octanol–water partition coefficient (Wildman–Crippen LogP) is 3.67. The molecule has 0 saturated carbocycles. The van der Waals surface area contributed by atoms with E-state index in [-0.39, 0.29) is 18.0 Å². The minimum atomic E-state index is -1.08. The van der Waals surface area contributed by atoms with Crippen LogP contribution in [0.2, 0.25) is 0 Å². The second kappa shape index (κ2) is 6.97. The molecule has 1 heterocycles. The number of hydrogen-bond donors (Lipinski definition) is 4. The van der Waals surface area contributed by atoms with Crippen molar-refractivity contribution in [1.29, 1.82) is 0 Å². The third-order valence-corrected chi connectivity index (χ3v) is 4.14. The average Bonchev–Trinajstić information content (AvgIpc) is 2.99. The number of aromatic nitrogens is 2. The first-order valence-corrected chi connectivity index (χ1v) is 7.84. The van der Waals surface area contributed by atoms with Crippen LogP contribution in [0.25, 0.3) is 21.8 Å². The zero-order valence-corrected chi connectivity index (χ0v) is 14.7. The van der Waals surface area contributed by atoms with E-state index in [9.17, 15) is 14.7 Å². The second-order valence-electron chi connectivity index (χ2n) is 5.82. The van der Waals surface area contributed by atoms with Crippen LogP contribution in [-0.4, -0.2) is 27.0 Å². The zero-order chi connectivity index (χ0) is 18.3. The number of carboxylic acid groups (broad SMARTS) is 1. The minimum absolute atomic E-state index is 0. The summed E-state index contributed by atoms with van der Waals surface area (Å²) >= 11 is 0. The topological polar surface area (TPSA) is 121 Å². The molecule has 1 amide bonds. The number of aromatic carboxylic acids is 1. The van der Waals surface area contributed by atoms with Gasteiger partial charge in [0.1, 0.15) is 0 Å². The second-order valence-corrected chi connectivity index (χ2v) is 5.82. The third kappa shape index (κ3) is 3.28. The van der Waals surface area contributed by atoms with Crippen molar-refractivity contribution in [2.45, 2.75) is 0 Å². The highest BCUT2D eigenvalue weighted by atomic mass is 35.5. The van der Waals surface area contributed by atoms with E-state index in [1.165, 1.54) is 6.07 Å². The molecule has 7 nitrogen and oxygen atoms in total. The molecule has 5 N–H and O–H groups in total. The fourth-order valence-electron chi connectivity index (χ4n) is 3.01. The Bertz CT molecular complexity index is 1180. The first-order chi connectivity index (χ1) is 12.5. The molecule has 4 rings (SSSR count). The van der Waals surface area contributed by atoms with Crippen molar-refractivity contribution in [1.82, 2.24) is 9.97 Å². The number of nitrogen functional groups attached to an aromatic ring is 1. The number of imidazole rings is 1. The molecule has 0 unspecified atom stereocenters. The quantitative estimate of drug-likeness (QED) is 0.430. The number of hydrogen-bond acceptors (Lipinski definition) is 4. The molecule has 0 aliphatic rings. The number of carboxylic acids is 1. The Balaban J connectivity index is 0.00000210. The van der Waals surface area contributed by atoms with Crippen molar-refractivity contribution in [3.63, 3.8) is 0 Å². The number of anilines is 2. The summed E-state index contributed by atoms with van der Waals surface area (Å²) in [5.41, 5.74) is 7.96. The van der Waals surface area contributed by atoms with E-state index in [1.54, 1.807) is 48.5 Å². The van der Waals surface area contributed by atoms with Crippen LogP contribution in [0.3, 0.4) is 0 Å². The van der Waals surface area contributed by atoms with Crippen molar-refractivity contribution < 1.29 is 14.7 Å². The maximum atomic E-state index is 12.8. The van der Waals surface area contributed by atoms with E-state index < -0.39 is 11.9 Å². The number of fused-ring (bicyclic) bond motifs is 2. The number of halogens is 1. The molecule has 0 radical (unpaired) electrons. The Kier molecular flexibility index (Phi) is 4.70. The Morgan fingerprint density at radius 3 is 2.44 bits per heavy atom. The van der Waals surface area contributed by atoms with Gasteiger partial charge in [0.05, 0.1) is 16.6 Å². The van der Waals surface area contributed by atoms with Gasteiger partial charge in [-0.15, -0.1) is 12.4 Å². The summed E-state index contributed by atoms with van der Waals surface area (Å²) in [4.78, 5) is 31.3. The van der Waals surface area contributed by atoms with Gasteiger partial charge in [0.25, 0.3) is 5.91 Å². The molecule has 0 saturated heterocycles. The predicted molar refractivity (Wildman–Crippen MR) is 107 cm³/mol. The number of carbonyl (C=O) groups excluding carboxylic acids is 1. The summed E-state index contributed by atoms with van der Waals surface area (Å²) in [5, 5.41) is 13.3. The number of nitrogens with zero attached hydrogens (tertiary/aromatic N) is 1. The smallest absolute Gasteiger partial charge is 0.336 e. The molecule has 136 valence electrons. The number of benzene rings is 3. The Hall–Kier alpha value is -3.58. The van der Waals surface area contributed by atoms with Gasteiger partial charge in [0.15, 0.2) is 5.95 Å². The van der Waals surface area contributed by atoms with Crippen LogP contribution >= 0.6 is 12.4 Å². The number of amides is 1. The molecular weight excluding hydrogens is 368 g/mol.